The van der Waals surface area contributed by atoms with Crippen molar-refractivity contribution < 1.29 is 0 Å². The largest absolute Gasteiger partial charge is 0.270 e. The highest BCUT2D eigenvalue weighted by molar-refractivity contribution is 8.00. The second-order valence-corrected chi connectivity index (χ2v) is 8.37. The first-order valence-corrected chi connectivity index (χ1v) is 10.7. The van der Waals surface area contributed by atoms with Gasteiger partial charge in [-0.1, -0.05) is 78.5 Å². The van der Waals surface area contributed by atoms with Crippen molar-refractivity contribution in [3.8, 4) is 23.1 Å². The maximum Gasteiger partial charge on any atom is 0.197 e. The summed E-state index contributed by atoms with van der Waals surface area (Å²) in [6.07, 6.45) is 0.655. The fourth-order valence-electron chi connectivity index (χ4n) is 3.29. The van der Waals surface area contributed by atoms with Crippen molar-refractivity contribution in [1.29, 1.82) is 5.26 Å². The van der Waals surface area contributed by atoms with Crippen LogP contribution >= 0.6 is 11.8 Å². The molecule has 0 saturated heterocycles. The predicted molar refractivity (Wildman–Crippen MR) is 122 cm³/mol. The van der Waals surface area contributed by atoms with Gasteiger partial charge in [0, 0.05) is 5.56 Å². The Morgan fingerprint density at radius 1 is 0.900 bits per heavy atom. The Morgan fingerprint density at radius 3 is 2.27 bits per heavy atom. The zero-order valence-corrected chi connectivity index (χ0v) is 17.8. The molecule has 0 fully saturated rings. The molecule has 0 N–H and O–H groups in total. The summed E-state index contributed by atoms with van der Waals surface area (Å²) in [5.41, 5.74) is 5.57. The third kappa shape index (κ3) is 4.29. The van der Waals surface area contributed by atoms with Crippen LogP contribution in [0.4, 0.5) is 0 Å². The van der Waals surface area contributed by atoms with Gasteiger partial charge in [0.2, 0.25) is 0 Å². The van der Waals surface area contributed by atoms with Gasteiger partial charge < -0.3 is 0 Å². The number of nitrogens with zero attached hydrogens (tertiary/aromatic N) is 4. The molecule has 0 radical (unpaired) electrons. The molecule has 3 aromatic carbocycles. The van der Waals surface area contributed by atoms with E-state index in [4.69, 9.17) is 0 Å². The molecular weight excluding hydrogens is 388 g/mol. The number of benzene rings is 3. The maximum absolute atomic E-state index is 9.79. The SMILES string of the molecule is Cc1ccc(-n2c(S[C@@H](C#N)Cc3ccccc3)nnc2-c2ccccc2)cc1C. The fourth-order valence-corrected chi connectivity index (χ4v) is 4.26. The third-order valence-electron chi connectivity index (χ3n) is 5.07. The number of aromatic nitrogens is 3. The molecule has 0 saturated carbocycles. The number of aryl methyl sites for hydroxylation is 2. The van der Waals surface area contributed by atoms with E-state index in [-0.39, 0.29) is 5.25 Å². The van der Waals surface area contributed by atoms with E-state index in [1.165, 1.54) is 22.9 Å². The summed E-state index contributed by atoms with van der Waals surface area (Å²) >= 11 is 1.46. The zero-order chi connectivity index (χ0) is 20.9. The van der Waals surface area contributed by atoms with Crippen LogP contribution in [0.15, 0.2) is 84.0 Å². The van der Waals surface area contributed by atoms with E-state index >= 15 is 0 Å². The number of hydrogen-bond donors (Lipinski definition) is 0. The number of rotatable bonds is 6. The van der Waals surface area contributed by atoms with E-state index in [0.29, 0.717) is 6.42 Å². The van der Waals surface area contributed by atoms with Crippen molar-refractivity contribution in [3.63, 3.8) is 0 Å². The standard InChI is InChI=1S/C25H22N4S/c1-18-13-14-22(15-19(18)2)29-24(21-11-7-4-8-12-21)27-28-25(29)30-23(17-26)16-20-9-5-3-6-10-20/h3-15,23H,16H2,1-2H3/t23-/m1/s1. The van der Waals surface area contributed by atoms with Gasteiger partial charge in [-0.05, 0) is 49.1 Å². The lowest BCUT2D eigenvalue weighted by atomic mass is 10.1. The van der Waals surface area contributed by atoms with Gasteiger partial charge in [0.05, 0.1) is 11.8 Å². The molecule has 0 aliphatic rings. The minimum absolute atomic E-state index is 0.259. The van der Waals surface area contributed by atoms with E-state index in [1.807, 2.05) is 60.7 Å². The molecule has 30 heavy (non-hydrogen) atoms. The van der Waals surface area contributed by atoms with Crippen LogP contribution in [0.1, 0.15) is 16.7 Å². The fraction of sp³-hybridized carbons (Fsp3) is 0.160. The molecule has 0 aliphatic heterocycles. The first kappa shape index (κ1) is 19.9. The summed E-state index contributed by atoms with van der Waals surface area (Å²) in [7, 11) is 0. The van der Waals surface area contributed by atoms with Gasteiger partial charge >= 0.3 is 0 Å². The first-order valence-electron chi connectivity index (χ1n) is 9.84. The highest BCUT2D eigenvalue weighted by atomic mass is 32.2. The number of hydrogen-bond acceptors (Lipinski definition) is 4. The molecule has 4 aromatic rings. The molecule has 0 spiro atoms. The summed E-state index contributed by atoms with van der Waals surface area (Å²) in [5.74, 6) is 0.776. The second kappa shape index (κ2) is 8.98. The molecule has 5 heteroatoms. The molecule has 0 bridgehead atoms. The van der Waals surface area contributed by atoms with Crippen LogP contribution in [0.2, 0.25) is 0 Å². The predicted octanol–water partition coefficient (Wildman–Crippen LogP) is 5.78. The second-order valence-electron chi connectivity index (χ2n) is 7.20. The first-order chi connectivity index (χ1) is 14.7. The zero-order valence-electron chi connectivity index (χ0n) is 17.0. The van der Waals surface area contributed by atoms with Crippen molar-refractivity contribution in [2.45, 2.75) is 30.7 Å². The Hall–Kier alpha value is -3.36. The number of thioether (sulfide) groups is 1. The molecule has 1 atom stereocenters. The minimum Gasteiger partial charge on any atom is -0.270 e. The summed E-state index contributed by atoms with van der Waals surface area (Å²) in [6, 6.07) is 28.9. The average Bonchev–Trinajstić information content (AvgIpc) is 3.20. The highest BCUT2D eigenvalue weighted by Crippen LogP contribution is 2.31. The molecule has 148 valence electrons. The Labute approximate surface area is 181 Å². The molecular formula is C25H22N4S. The van der Waals surface area contributed by atoms with Crippen LogP contribution in [0.5, 0.6) is 0 Å². The molecule has 0 aliphatic carbocycles. The van der Waals surface area contributed by atoms with E-state index in [1.54, 1.807) is 0 Å². The van der Waals surface area contributed by atoms with Crippen LogP contribution in [-0.4, -0.2) is 20.0 Å². The van der Waals surface area contributed by atoms with E-state index in [0.717, 1.165) is 27.8 Å². The van der Waals surface area contributed by atoms with Gasteiger partial charge in [-0.15, -0.1) is 10.2 Å². The molecule has 0 amide bonds. The molecule has 0 unspecified atom stereocenters. The van der Waals surface area contributed by atoms with Crippen LogP contribution in [-0.2, 0) is 6.42 Å². The quantitative estimate of drug-likeness (QED) is 0.378. The van der Waals surface area contributed by atoms with Gasteiger partial charge in [-0.25, -0.2) is 0 Å². The van der Waals surface area contributed by atoms with Crippen molar-refractivity contribution in [2.75, 3.05) is 0 Å². The lowest BCUT2D eigenvalue weighted by molar-refractivity contribution is 0.876. The third-order valence-corrected chi connectivity index (χ3v) is 6.10. The minimum atomic E-state index is -0.259. The average molecular weight is 411 g/mol. The van der Waals surface area contributed by atoms with E-state index in [9.17, 15) is 5.26 Å². The lowest BCUT2D eigenvalue weighted by Crippen LogP contribution is -2.07. The van der Waals surface area contributed by atoms with Crippen molar-refractivity contribution in [3.05, 3.63) is 95.6 Å². The highest BCUT2D eigenvalue weighted by Gasteiger charge is 2.20. The Kier molecular flexibility index (Phi) is 5.97. The molecule has 1 aromatic heterocycles. The van der Waals surface area contributed by atoms with E-state index in [2.05, 4.69) is 52.9 Å². The molecule has 4 rings (SSSR count). The number of nitriles is 1. The Bertz CT molecular complexity index is 1180. The van der Waals surface area contributed by atoms with Gasteiger partial charge in [0.1, 0.15) is 5.25 Å². The van der Waals surface area contributed by atoms with Crippen molar-refractivity contribution in [1.82, 2.24) is 14.8 Å². The topological polar surface area (TPSA) is 54.5 Å². The van der Waals surface area contributed by atoms with Crippen LogP contribution < -0.4 is 0 Å². The van der Waals surface area contributed by atoms with Crippen molar-refractivity contribution in [2.24, 2.45) is 0 Å². The smallest absolute Gasteiger partial charge is 0.197 e. The van der Waals surface area contributed by atoms with Gasteiger partial charge in [0.25, 0.3) is 0 Å². The summed E-state index contributed by atoms with van der Waals surface area (Å²) in [4.78, 5) is 0. The molecule has 4 nitrogen and oxygen atoms in total. The monoisotopic (exact) mass is 410 g/mol. The summed E-state index contributed by atoms with van der Waals surface area (Å²) in [6.45, 7) is 4.20. The van der Waals surface area contributed by atoms with Gasteiger partial charge in [0.15, 0.2) is 11.0 Å². The van der Waals surface area contributed by atoms with Gasteiger partial charge in [-0.3, -0.25) is 4.57 Å². The Morgan fingerprint density at radius 2 is 1.60 bits per heavy atom. The van der Waals surface area contributed by atoms with E-state index < -0.39 is 0 Å². The van der Waals surface area contributed by atoms with Crippen molar-refractivity contribution >= 4 is 11.8 Å². The normalized spacial score (nSPS) is 11.8. The summed E-state index contributed by atoms with van der Waals surface area (Å²) < 4.78 is 2.06. The molecule has 1 heterocycles. The van der Waals surface area contributed by atoms with Crippen LogP contribution in [0.3, 0.4) is 0 Å². The summed E-state index contributed by atoms with van der Waals surface area (Å²) in [5, 5.41) is 19.2. The lowest BCUT2D eigenvalue weighted by Gasteiger charge is -2.14. The van der Waals surface area contributed by atoms with Crippen LogP contribution in [0.25, 0.3) is 17.1 Å². The van der Waals surface area contributed by atoms with Gasteiger partial charge in [-0.2, -0.15) is 5.26 Å². The van der Waals surface area contributed by atoms with Crippen LogP contribution in [0, 0.1) is 25.2 Å². The Balaban J connectivity index is 1.75. The maximum atomic E-state index is 9.79.